The maximum Gasteiger partial charge on any atom is 0.292 e. The number of aromatic nitrogens is 1. The van der Waals surface area contributed by atoms with E-state index >= 15 is 0 Å². The molecule has 7 heteroatoms. The van der Waals surface area contributed by atoms with Crippen molar-refractivity contribution in [2.75, 3.05) is 11.9 Å². The van der Waals surface area contributed by atoms with E-state index in [1.54, 1.807) is 30.6 Å². The molecule has 1 heterocycles. The second-order valence-electron chi connectivity index (χ2n) is 4.94. The highest BCUT2D eigenvalue weighted by molar-refractivity contribution is 5.75. The molecule has 0 atom stereocenters. The van der Waals surface area contributed by atoms with E-state index in [1.165, 1.54) is 6.07 Å². The number of benzene rings is 1. The lowest BCUT2D eigenvalue weighted by Gasteiger charge is -2.07. The molecule has 2 N–H and O–H groups in total. The molecule has 0 unspecified atom stereocenters. The number of para-hydroxylation sites is 2. The third-order valence-electron chi connectivity index (χ3n) is 3.24. The van der Waals surface area contributed by atoms with Gasteiger partial charge in [-0.1, -0.05) is 12.1 Å². The fraction of sp³-hybridized carbons (Fsp3) is 0.250. The number of nitro benzene ring substituents is 1. The second kappa shape index (κ2) is 8.47. The van der Waals surface area contributed by atoms with E-state index in [0.717, 1.165) is 5.56 Å². The van der Waals surface area contributed by atoms with Crippen molar-refractivity contribution in [2.45, 2.75) is 19.4 Å². The van der Waals surface area contributed by atoms with Gasteiger partial charge in [-0.05, 0) is 30.2 Å². The molecule has 1 amide bonds. The maximum atomic E-state index is 11.7. The van der Waals surface area contributed by atoms with Gasteiger partial charge >= 0.3 is 0 Å². The molecule has 0 fully saturated rings. The number of anilines is 1. The summed E-state index contributed by atoms with van der Waals surface area (Å²) in [6.07, 6.45) is 4.31. The van der Waals surface area contributed by atoms with Gasteiger partial charge in [0.25, 0.3) is 5.69 Å². The van der Waals surface area contributed by atoms with Crippen LogP contribution in [0.1, 0.15) is 18.4 Å². The normalized spacial score (nSPS) is 10.1. The largest absolute Gasteiger partial charge is 0.379 e. The molecule has 2 rings (SSSR count). The quantitative estimate of drug-likeness (QED) is 0.443. The summed E-state index contributed by atoms with van der Waals surface area (Å²) in [5, 5.41) is 16.7. The van der Waals surface area contributed by atoms with Gasteiger partial charge in [0.1, 0.15) is 5.69 Å². The lowest BCUT2D eigenvalue weighted by atomic mass is 10.2. The maximum absolute atomic E-state index is 11.7. The minimum absolute atomic E-state index is 0.0367. The Hall–Kier alpha value is -2.96. The lowest BCUT2D eigenvalue weighted by molar-refractivity contribution is -0.384. The molecule has 23 heavy (non-hydrogen) atoms. The van der Waals surface area contributed by atoms with Crippen molar-refractivity contribution in [3.05, 3.63) is 64.5 Å². The number of hydrogen-bond donors (Lipinski definition) is 2. The highest BCUT2D eigenvalue weighted by Crippen LogP contribution is 2.22. The summed E-state index contributed by atoms with van der Waals surface area (Å²) < 4.78 is 0. The highest BCUT2D eigenvalue weighted by Gasteiger charge is 2.11. The van der Waals surface area contributed by atoms with Crippen LogP contribution in [0.2, 0.25) is 0 Å². The van der Waals surface area contributed by atoms with Crippen LogP contribution in [-0.4, -0.2) is 22.4 Å². The molecule has 0 spiro atoms. The summed E-state index contributed by atoms with van der Waals surface area (Å²) in [4.78, 5) is 26.1. The van der Waals surface area contributed by atoms with Crippen LogP contribution in [0.4, 0.5) is 11.4 Å². The zero-order valence-electron chi connectivity index (χ0n) is 12.6. The van der Waals surface area contributed by atoms with Crippen molar-refractivity contribution in [1.29, 1.82) is 0 Å². The van der Waals surface area contributed by atoms with Crippen LogP contribution in [0.3, 0.4) is 0 Å². The first-order valence-corrected chi connectivity index (χ1v) is 7.29. The SMILES string of the molecule is O=C(CCCNc1ccccc1[N+](=O)[O-])NCc1ccncc1. The molecule has 0 bridgehead atoms. The molecule has 0 saturated carbocycles. The fourth-order valence-corrected chi connectivity index (χ4v) is 2.04. The van der Waals surface area contributed by atoms with E-state index in [1.807, 2.05) is 12.1 Å². The Kier molecular flexibility index (Phi) is 6.05. The Morgan fingerprint density at radius 1 is 1.17 bits per heavy atom. The molecule has 0 saturated heterocycles. The minimum Gasteiger partial charge on any atom is -0.379 e. The summed E-state index contributed by atoms with van der Waals surface area (Å²) in [5.41, 5.74) is 1.50. The number of carbonyl (C=O) groups excluding carboxylic acids is 1. The third kappa shape index (κ3) is 5.39. The summed E-state index contributed by atoms with van der Waals surface area (Å²) >= 11 is 0. The monoisotopic (exact) mass is 314 g/mol. The average molecular weight is 314 g/mol. The predicted octanol–water partition coefficient (Wildman–Crippen LogP) is 2.50. The first-order chi connectivity index (χ1) is 11.2. The molecule has 1 aromatic carbocycles. The molecule has 7 nitrogen and oxygen atoms in total. The lowest BCUT2D eigenvalue weighted by Crippen LogP contribution is -2.23. The van der Waals surface area contributed by atoms with E-state index in [-0.39, 0.29) is 11.6 Å². The number of pyridine rings is 1. The van der Waals surface area contributed by atoms with Gasteiger partial charge in [-0.25, -0.2) is 0 Å². The van der Waals surface area contributed by atoms with E-state index in [9.17, 15) is 14.9 Å². The summed E-state index contributed by atoms with van der Waals surface area (Å²) in [5.74, 6) is -0.0498. The van der Waals surface area contributed by atoms with Gasteiger partial charge < -0.3 is 10.6 Å². The highest BCUT2D eigenvalue weighted by atomic mass is 16.6. The molecular weight excluding hydrogens is 296 g/mol. The molecular formula is C16H18N4O3. The van der Waals surface area contributed by atoms with Gasteiger partial charge in [-0.3, -0.25) is 19.9 Å². The van der Waals surface area contributed by atoms with Crippen molar-refractivity contribution in [3.63, 3.8) is 0 Å². The number of amides is 1. The zero-order chi connectivity index (χ0) is 16.5. The summed E-state index contributed by atoms with van der Waals surface area (Å²) in [6, 6.07) is 10.1. The van der Waals surface area contributed by atoms with Gasteiger partial charge in [0.15, 0.2) is 0 Å². The Labute approximate surface area is 133 Å². The molecule has 0 aliphatic carbocycles. The average Bonchev–Trinajstić information content (AvgIpc) is 2.58. The van der Waals surface area contributed by atoms with E-state index in [0.29, 0.717) is 31.6 Å². The Bertz CT molecular complexity index is 661. The van der Waals surface area contributed by atoms with Crippen molar-refractivity contribution in [3.8, 4) is 0 Å². The van der Waals surface area contributed by atoms with Crippen LogP contribution in [0.15, 0.2) is 48.8 Å². The zero-order valence-corrected chi connectivity index (χ0v) is 12.6. The number of nitrogens with one attached hydrogen (secondary N) is 2. The van der Waals surface area contributed by atoms with E-state index < -0.39 is 4.92 Å². The third-order valence-corrected chi connectivity index (χ3v) is 3.24. The first-order valence-electron chi connectivity index (χ1n) is 7.29. The van der Waals surface area contributed by atoms with Crippen LogP contribution in [0, 0.1) is 10.1 Å². The number of nitrogens with zero attached hydrogens (tertiary/aromatic N) is 2. The fourth-order valence-electron chi connectivity index (χ4n) is 2.04. The summed E-state index contributed by atoms with van der Waals surface area (Å²) in [7, 11) is 0. The van der Waals surface area contributed by atoms with Gasteiger partial charge in [0.05, 0.1) is 4.92 Å². The van der Waals surface area contributed by atoms with Crippen molar-refractivity contribution in [2.24, 2.45) is 0 Å². The topological polar surface area (TPSA) is 97.2 Å². The first kappa shape index (κ1) is 16.4. The number of hydrogen-bond acceptors (Lipinski definition) is 5. The van der Waals surface area contributed by atoms with Crippen LogP contribution in [-0.2, 0) is 11.3 Å². The van der Waals surface area contributed by atoms with Gasteiger partial charge in [0, 0.05) is 38.0 Å². The van der Waals surface area contributed by atoms with Gasteiger partial charge in [-0.15, -0.1) is 0 Å². The van der Waals surface area contributed by atoms with Crippen LogP contribution < -0.4 is 10.6 Å². The molecule has 0 radical (unpaired) electrons. The van der Waals surface area contributed by atoms with E-state index in [2.05, 4.69) is 15.6 Å². The second-order valence-corrected chi connectivity index (χ2v) is 4.94. The number of rotatable bonds is 8. The standard InChI is InChI=1S/C16H18N4O3/c21-16(19-12-13-7-10-17-11-8-13)6-3-9-18-14-4-1-2-5-15(14)20(22)23/h1-2,4-5,7-8,10-11,18H,3,6,9,12H2,(H,19,21). The Morgan fingerprint density at radius 3 is 2.65 bits per heavy atom. The number of nitro groups is 1. The molecule has 0 aliphatic rings. The van der Waals surface area contributed by atoms with Crippen LogP contribution >= 0.6 is 0 Å². The Balaban J connectivity index is 1.69. The summed E-state index contributed by atoms with van der Waals surface area (Å²) in [6.45, 7) is 0.965. The van der Waals surface area contributed by atoms with Gasteiger partial charge in [0.2, 0.25) is 5.91 Å². The van der Waals surface area contributed by atoms with Crippen LogP contribution in [0.25, 0.3) is 0 Å². The molecule has 2 aromatic rings. The molecule has 120 valence electrons. The van der Waals surface area contributed by atoms with Crippen molar-refractivity contribution < 1.29 is 9.72 Å². The van der Waals surface area contributed by atoms with Crippen molar-refractivity contribution >= 4 is 17.3 Å². The smallest absolute Gasteiger partial charge is 0.292 e. The molecule has 1 aromatic heterocycles. The van der Waals surface area contributed by atoms with Gasteiger partial charge in [-0.2, -0.15) is 0 Å². The van der Waals surface area contributed by atoms with Crippen molar-refractivity contribution in [1.82, 2.24) is 10.3 Å². The Morgan fingerprint density at radius 2 is 1.91 bits per heavy atom. The minimum atomic E-state index is -0.427. The van der Waals surface area contributed by atoms with Crippen LogP contribution in [0.5, 0.6) is 0 Å². The van der Waals surface area contributed by atoms with E-state index in [4.69, 9.17) is 0 Å². The number of carbonyl (C=O) groups is 1. The predicted molar refractivity (Wildman–Crippen MR) is 86.9 cm³/mol. The molecule has 0 aliphatic heterocycles.